The number of benzene rings is 2. The van der Waals surface area contributed by atoms with Gasteiger partial charge in [0.1, 0.15) is 12.4 Å². The van der Waals surface area contributed by atoms with Gasteiger partial charge in [0, 0.05) is 17.1 Å². The largest absolute Gasteiger partial charge is 0.489 e. The molecule has 0 bridgehead atoms. The Morgan fingerprint density at radius 1 is 1.10 bits per heavy atom. The van der Waals surface area contributed by atoms with Gasteiger partial charge in [0.25, 0.3) is 0 Å². The summed E-state index contributed by atoms with van der Waals surface area (Å²) < 4.78 is 6.97. The normalized spacial score (nSPS) is 10.9. The number of hydrogen-bond donors (Lipinski definition) is 1. The lowest BCUT2D eigenvalue weighted by atomic mass is 10.1. The Morgan fingerprint density at radius 2 is 1.86 bits per heavy atom. The fourth-order valence-corrected chi connectivity index (χ4v) is 2.38. The highest BCUT2D eigenvalue weighted by molar-refractivity contribution is 9.10. The molecule has 0 radical (unpaired) electrons. The van der Waals surface area contributed by atoms with E-state index in [1.165, 1.54) is 11.1 Å². The molecule has 21 heavy (non-hydrogen) atoms. The van der Waals surface area contributed by atoms with Crippen LogP contribution in [0.1, 0.15) is 30.5 Å². The molecule has 0 aromatic heterocycles. The van der Waals surface area contributed by atoms with Crippen LogP contribution in [0.15, 0.2) is 46.9 Å². The second-order valence-electron chi connectivity index (χ2n) is 5.55. The van der Waals surface area contributed by atoms with Crippen molar-refractivity contribution in [2.75, 3.05) is 0 Å². The van der Waals surface area contributed by atoms with E-state index in [1.54, 1.807) is 0 Å². The van der Waals surface area contributed by atoms with Gasteiger partial charge < -0.3 is 10.1 Å². The fourth-order valence-electron chi connectivity index (χ4n) is 2.04. The van der Waals surface area contributed by atoms with Crippen molar-refractivity contribution in [3.63, 3.8) is 0 Å². The van der Waals surface area contributed by atoms with Crippen LogP contribution in [0.2, 0.25) is 0 Å². The molecule has 0 aliphatic rings. The molecule has 0 spiro atoms. The summed E-state index contributed by atoms with van der Waals surface area (Å²) in [6.07, 6.45) is 0. The van der Waals surface area contributed by atoms with E-state index in [0.717, 1.165) is 22.3 Å². The highest BCUT2D eigenvalue weighted by Crippen LogP contribution is 2.23. The zero-order chi connectivity index (χ0) is 15.2. The summed E-state index contributed by atoms with van der Waals surface area (Å²) in [6.45, 7) is 7.85. The molecule has 0 atom stereocenters. The number of halogens is 1. The van der Waals surface area contributed by atoms with Gasteiger partial charge in [-0.1, -0.05) is 60.1 Å². The highest BCUT2D eigenvalue weighted by atomic mass is 79.9. The summed E-state index contributed by atoms with van der Waals surface area (Å²) in [4.78, 5) is 0. The zero-order valence-electron chi connectivity index (χ0n) is 12.8. The van der Waals surface area contributed by atoms with E-state index >= 15 is 0 Å². The van der Waals surface area contributed by atoms with Crippen molar-refractivity contribution in [2.45, 2.75) is 40.0 Å². The third-order valence-electron chi connectivity index (χ3n) is 3.25. The molecule has 0 unspecified atom stereocenters. The van der Waals surface area contributed by atoms with Crippen LogP contribution in [0.4, 0.5) is 0 Å². The average Bonchev–Trinajstić information content (AvgIpc) is 2.46. The summed E-state index contributed by atoms with van der Waals surface area (Å²) in [7, 11) is 0. The predicted molar refractivity (Wildman–Crippen MR) is 91.6 cm³/mol. The van der Waals surface area contributed by atoms with Crippen LogP contribution < -0.4 is 10.1 Å². The molecular formula is C18H22BrNO. The van der Waals surface area contributed by atoms with Crippen molar-refractivity contribution in [3.8, 4) is 5.75 Å². The summed E-state index contributed by atoms with van der Waals surface area (Å²) >= 11 is 3.48. The maximum atomic E-state index is 5.93. The number of hydrogen-bond acceptors (Lipinski definition) is 2. The van der Waals surface area contributed by atoms with Gasteiger partial charge in [0.05, 0.1) is 0 Å². The highest BCUT2D eigenvalue weighted by Gasteiger charge is 2.02. The van der Waals surface area contributed by atoms with E-state index in [2.05, 4.69) is 72.3 Å². The summed E-state index contributed by atoms with van der Waals surface area (Å²) in [6, 6.07) is 15.1. The minimum atomic E-state index is 0.495. The molecular weight excluding hydrogens is 326 g/mol. The predicted octanol–water partition coefficient (Wildman–Crippen LogP) is 4.83. The van der Waals surface area contributed by atoms with E-state index in [1.807, 2.05) is 12.1 Å². The monoisotopic (exact) mass is 347 g/mol. The van der Waals surface area contributed by atoms with Gasteiger partial charge in [-0.2, -0.15) is 0 Å². The smallest absolute Gasteiger partial charge is 0.123 e. The molecule has 2 aromatic rings. The van der Waals surface area contributed by atoms with Gasteiger partial charge >= 0.3 is 0 Å². The fraction of sp³-hybridized carbons (Fsp3) is 0.333. The third-order valence-corrected chi connectivity index (χ3v) is 3.74. The molecule has 0 fully saturated rings. The Morgan fingerprint density at radius 3 is 2.62 bits per heavy atom. The lowest BCUT2D eigenvalue weighted by Crippen LogP contribution is -2.21. The lowest BCUT2D eigenvalue weighted by molar-refractivity contribution is 0.304. The van der Waals surface area contributed by atoms with Crippen LogP contribution in [-0.4, -0.2) is 6.04 Å². The van der Waals surface area contributed by atoms with Crippen LogP contribution in [0, 0.1) is 6.92 Å². The van der Waals surface area contributed by atoms with Crippen molar-refractivity contribution in [1.82, 2.24) is 5.32 Å². The first-order chi connectivity index (χ1) is 10.0. The second kappa shape index (κ2) is 7.62. The van der Waals surface area contributed by atoms with Crippen LogP contribution in [0.5, 0.6) is 5.75 Å². The molecule has 0 heterocycles. The van der Waals surface area contributed by atoms with E-state index in [0.29, 0.717) is 12.6 Å². The minimum Gasteiger partial charge on any atom is -0.489 e. The quantitative estimate of drug-likeness (QED) is 0.807. The molecule has 0 saturated carbocycles. The Bertz CT molecular complexity index is 596. The van der Waals surface area contributed by atoms with Crippen molar-refractivity contribution in [2.24, 2.45) is 0 Å². The summed E-state index contributed by atoms with van der Waals surface area (Å²) in [5.41, 5.74) is 3.63. The minimum absolute atomic E-state index is 0.495. The van der Waals surface area contributed by atoms with Gasteiger partial charge in [-0.25, -0.2) is 0 Å². The van der Waals surface area contributed by atoms with Gasteiger partial charge in [0.15, 0.2) is 0 Å². The Balaban J connectivity index is 1.99. The van der Waals surface area contributed by atoms with E-state index < -0.39 is 0 Å². The first-order valence-electron chi connectivity index (χ1n) is 7.25. The molecule has 2 nitrogen and oxygen atoms in total. The van der Waals surface area contributed by atoms with Gasteiger partial charge in [-0.3, -0.25) is 0 Å². The summed E-state index contributed by atoms with van der Waals surface area (Å²) in [5.74, 6) is 0.926. The molecule has 2 aromatic carbocycles. The van der Waals surface area contributed by atoms with E-state index in [9.17, 15) is 0 Å². The Kier molecular flexibility index (Phi) is 5.83. The number of nitrogens with one attached hydrogen (secondary N) is 1. The molecule has 0 aliphatic heterocycles. The number of ether oxygens (including phenoxy) is 1. The molecule has 0 aliphatic carbocycles. The molecule has 2 rings (SSSR count). The van der Waals surface area contributed by atoms with E-state index in [4.69, 9.17) is 4.74 Å². The molecule has 112 valence electrons. The Hall–Kier alpha value is -1.32. The molecule has 0 amide bonds. The van der Waals surface area contributed by atoms with Crippen LogP contribution in [0.3, 0.4) is 0 Å². The first kappa shape index (κ1) is 16.1. The average molecular weight is 348 g/mol. The van der Waals surface area contributed by atoms with Crippen LogP contribution >= 0.6 is 15.9 Å². The third kappa shape index (κ3) is 5.18. The SMILES string of the molecule is Cc1ccc(Br)cc1OCc1cccc(CNC(C)C)c1. The van der Waals surface area contributed by atoms with Crippen molar-refractivity contribution < 1.29 is 4.74 Å². The standard InChI is InChI=1S/C18H22BrNO/c1-13(2)20-11-15-5-4-6-16(9-15)12-21-18-10-17(19)8-7-14(18)3/h4-10,13,20H,11-12H2,1-3H3. The maximum absolute atomic E-state index is 5.93. The molecule has 0 saturated heterocycles. The van der Waals surface area contributed by atoms with Gasteiger partial charge in [-0.05, 0) is 35.7 Å². The number of aryl methyl sites for hydroxylation is 1. The van der Waals surface area contributed by atoms with Crippen LogP contribution in [-0.2, 0) is 13.2 Å². The van der Waals surface area contributed by atoms with Crippen molar-refractivity contribution in [3.05, 3.63) is 63.6 Å². The van der Waals surface area contributed by atoms with Crippen molar-refractivity contribution in [1.29, 1.82) is 0 Å². The van der Waals surface area contributed by atoms with E-state index in [-0.39, 0.29) is 0 Å². The zero-order valence-corrected chi connectivity index (χ0v) is 14.4. The van der Waals surface area contributed by atoms with Crippen molar-refractivity contribution >= 4 is 15.9 Å². The van der Waals surface area contributed by atoms with Crippen LogP contribution in [0.25, 0.3) is 0 Å². The van der Waals surface area contributed by atoms with Gasteiger partial charge in [0.2, 0.25) is 0 Å². The Labute approximate surface area is 135 Å². The summed E-state index contributed by atoms with van der Waals surface area (Å²) in [5, 5.41) is 3.43. The molecule has 1 N–H and O–H groups in total. The maximum Gasteiger partial charge on any atom is 0.123 e. The number of rotatable bonds is 6. The second-order valence-corrected chi connectivity index (χ2v) is 6.47. The van der Waals surface area contributed by atoms with Gasteiger partial charge in [-0.15, -0.1) is 0 Å². The topological polar surface area (TPSA) is 21.3 Å². The first-order valence-corrected chi connectivity index (χ1v) is 8.04. The molecule has 3 heteroatoms. The lowest BCUT2D eigenvalue weighted by Gasteiger charge is -2.12.